The number of nitrogens with zero attached hydrogens (tertiary/aromatic N) is 4. The second-order valence-electron chi connectivity index (χ2n) is 9.09. The highest BCUT2D eigenvalue weighted by Gasteiger charge is 2.31. The summed E-state index contributed by atoms with van der Waals surface area (Å²) in [5.41, 5.74) is 1.22. The Morgan fingerprint density at radius 1 is 1.21 bits per heavy atom. The van der Waals surface area contributed by atoms with Crippen molar-refractivity contribution in [3.05, 3.63) is 16.8 Å². The fourth-order valence-electron chi connectivity index (χ4n) is 4.72. The molecule has 0 N–H and O–H groups in total. The smallest absolute Gasteiger partial charge is 0.225 e. The summed E-state index contributed by atoms with van der Waals surface area (Å²) in [5, 5.41) is 1.05. The van der Waals surface area contributed by atoms with Gasteiger partial charge in [-0.3, -0.25) is 4.79 Å². The number of carbonyl (C=O) groups excluding carboxylic acids is 1. The maximum Gasteiger partial charge on any atom is 0.225 e. The zero-order valence-electron chi connectivity index (χ0n) is 17.4. The fourth-order valence-corrected chi connectivity index (χ4v) is 5.85. The summed E-state index contributed by atoms with van der Waals surface area (Å²) in [6.45, 7) is 1.50. The molecule has 6 nitrogen and oxygen atoms in total. The van der Waals surface area contributed by atoms with Gasteiger partial charge in [-0.2, -0.15) is 0 Å². The van der Waals surface area contributed by atoms with E-state index < -0.39 is 0 Å². The Morgan fingerprint density at radius 2 is 2.00 bits per heavy atom. The normalized spacial score (nSPS) is 24.7. The molecule has 0 saturated heterocycles. The molecule has 2 saturated carbocycles. The van der Waals surface area contributed by atoms with E-state index in [2.05, 4.69) is 29.0 Å². The highest BCUT2D eigenvalue weighted by molar-refractivity contribution is 7.18. The Labute approximate surface area is 176 Å². The van der Waals surface area contributed by atoms with E-state index in [-0.39, 0.29) is 6.10 Å². The SMILES string of the molecule is CN(C)C1CCC(Oc2ncnc3sc4c(c23)CN(C(=O)CC2CC2)CC4)CC1. The van der Waals surface area contributed by atoms with E-state index in [1.165, 1.54) is 23.3 Å². The van der Waals surface area contributed by atoms with E-state index in [1.807, 2.05) is 4.90 Å². The molecule has 7 heteroatoms. The first kappa shape index (κ1) is 19.2. The van der Waals surface area contributed by atoms with Crippen molar-refractivity contribution in [1.82, 2.24) is 19.8 Å². The van der Waals surface area contributed by atoms with Crippen LogP contribution in [0.1, 0.15) is 55.4 Å². The van der Waals surface area contributed by atoms with Crippen LogP contribution in [0.2, 0.25) is 0 Å². The third-order valence-corrected chi connectivity index (χ3v) is 7.96. The molecule has 2 aromatic rings. The molecule has 1 aliphatic heterocycles. The molecule has 2 aromatic heterocycles. The second kappa shape index (κ2) is 7.84. The molecule has 156 valence electrons. The van der Waals surface area contributed by atoms with Crippen molar-refractivity contribution >= 4 is 27.5 Å². The molecule has 0 unspecified atom stereocenters. The number of carbonyl (C=O) groups is 1. The highest BCUT2D eigenvalue weighted by Crippen LogP contribution is 2.40. The first-order valence-electron chi connectivity index (χ1n) is 10.9. The number of aromatic nitrogens is 2. The molecule has 2 aliphatic carbocycles. The number of ether oxygens (including phenoxy) is 1. The van der Waals surface area contributed by atoms with E-state index in [0.29, 0.717) is 30.8 Å². The van der Waals surface area contributed by atoms with Crippen LogP contribution in [0.4, 0.5) is 0 Å². The Kier molecular flexibility index (Phi) is 5.20. The van der Waals surface area contributed by atoms with Gasteiger partial charge in [-0.05, 0) is 65.0 Å². The number of thiophene rings is 1. The summed E-state index contributed by atoms with van der Waals surface area (Å²) in [4.78, 5) is 28.4. The first-order valence-corrected chi connectivity index (χ1v) is 11.8. The van der Waals surface area contributed by atoms with Gasteiger partial charge in [0.15, 0.2) is 0 Å². The van der Waals surface area contributed by atoms with Gasteiger partial charge in [0, 0.05) is 36.0 Å². The lowest BCUT2D eigenvalue weighted by Crippen LogP contribution is -2.36. The topological polar surface area (TPSA) is 58.6 Å². The van der Waals surface area contributed by atoms with E-state index in [9.17, 15) is 4.79 Å². The van der Waals surface area contributed by atoms with Gasteiger partial charge in [0.25, 0.3) is 0 Å². The van der Waals surface area contributed by atoms with Crippen molar-refractivity contribution in [3.8, 4) is 5.88 Å². The van der Waals surface area contributed by atoms with Crippen LogP contribution in [0.3, 0.4) is 0 Å². The largest absolute Gasteiger partial charge is 0.474 e. The zero-order valence-corrected chi connectivity index (χ0v) is 18.2. The van der Waals surface area contributed by atoms with Gasteiger partial charge < -0.3 is 14.5 Å². The summed E-state index contributed by atoms with van der Waals surface area (Å²) in [5.74, 6) is 1.65. The van der Waals surface area contributed by atoms with Crippen LogP contribution >= 0.6 is 11.3 Å². The van der Waals surface area contributed by atoms with Gasteiger partial charge in [-0.25, -0.2) is 9.97 Å². The summed E-state index contributed by atoms with van der Waals surface area (Å²) >= 11 is 1.74. The Balaban J connectivity index is 1.35. The molecule has 0 radical (unpaired) electrons. The summed E-state index contributed by atoms with van der Waals surface area (Å²) in [6, 6.07) is 0.653. The number of fused-ring (bicyclic) bond motifs is 3. The van der Waals surface area contributed by atoms with Crippen LogP contribution in [0.25, 0.3) is 10.2 Å². The molecule has 29 heavy (non-hydrogen) atoms. The maximum absolute atomic E-state index is 12.7. The second-order valence-corrected chi connectivity index (χ2v) is 10.2. The molecule has 2 fully saturated rings. The molecule has 3 heterocycles. The average molecular weight is 415 g/mol. The van der Waals surface area contributed by atoms with Gasteiger partial charge >= 0.3 is 0 Å². The van der Waals surface area contributed by atoms with Crippen LogP contribution < -0.4 is 4.74 Å². The third kappa shape index (κ3) is 3.99. The first-order chi connectivity index (χ1) is 14.1. The van der Waals surface area contributed by atoms with Gasteiger partial charge in [0.1, 0.15) is 17.3 Å². The maximum atomic E-state index is 12.7. The lowest BCUT2D eigenvalue weighted by Gasteiger charge is -2.32. The summed E-state index contributed by atoms with van der Waals surface area (Å²) in [6.07, 6.45) is 10.4. The molecule has 0 spiro atoms. The highest BCUT2D eigenvalue weighted by atomic mass is 32.1. The molecular weight excluding hydrogens is 384 g/mol. The predicted octanol–water partition coefficient (Wildman–Crippen LogP) is 3.63. The van der Waals surface area contributed by atoms with Crippen LogP contribution in [0, 0.1) is 5.92 Å². The Morgan fingerprint density at radius 3 is 2.72 bits per heavy atom. The quantitative estimate of drug-likeness (QED) is 0.748. The summed E-state index contributed by atoms with van der Waals surface area (Å²) < 4.78 is 6.42. The number of amides is 1. The minimum absolute atomic E-state index is 0.219. The van der Waals surface area contributed by atoms with Crippen LogP contribution in [0.15, 0.2) is 6.33 Å². The van der Waals surface area contributed by atoms with Crippen molar-refractivity contribution in [2.45, 2.75) is 70.1 Å². The minimum Gasteiger partial charge on any atom is -0.474 e. The molecule has 3 aliphatic rings. The predicted molar refractivity (Wildman–Crippen MR) is 114 cm³/mol. The lowest BCUT2D eigenvalue weighted by atomic mass is 9.92. The van der Waals surface area contributed by atoms with E-state index in [1.54, 1.807) is 17.7 Å². The number of hydrogen-bond donors (Lipinski definition) is 0. The number of rotatable bonds is 5. The van der Waals surface area contributed by atoms with E-state index >= 15 is 0 Å². The van der Waals surface area contributed by atoms with Crippen LogP contribution in [0.5, 0.6) is 5.88 Å². The lowest BCUT2D eigenvalue weighted by molar-refractivity contribution is -0.132. The Bertz CT molecular complexity index is 900. The monoisotopic (exact) mass is 414 g/mol. The van der Waals surface area contributed by atoms with Gasteiger partial charge in [-0.15, -0.1) is 11.3 Å². The van der Waals surface area contributed by atoms with Gasteiger partial charge in [-0.1, -0.05) is 0 Å². The van der Waals surface area contributed by atoms with Gasteiger partial charge in [0.2, 0.25) is 11.8 Å². The van der Waals surface area contributed by atoms with Crippen molar-refractivity contribution in [2.24, 2.45) is 5.92 Å². The van der Waals surface area contributed by atoms with E-state index in [0.717, 1.165) is 54.7 Å². The third-order valence-electron chi connectivity index (χ3n) is 6.76. The average Bonchev–Trinajstić information content (AvgIpc) is 3.45. The van der Waals surface area contributed by atoms with Crippen molar-refractivity contribution in [2.75, 3.05) is 20.6 Å². The number of hydrogen-bond acceptors (Lipinski definition) is 6. The molecular formula is C22H30N4O2S. The van der Waals surface area contributed by atoms with Crippen LogP contribution in [-0.2, 0) is 17.8 Å². The van der Waals surface area contributed by atoms with Gasteiger partial charge in [0.05, 0.1) is 5.39 Å². The van der Waals surface area contributed by atoms with Crippen molar-refractivity contribution < 1.29 is 9.53 Å². The standard InChI is InChI=1S/C22H30N4O2S/c1-25(2)15-5-7-16(8-6-15)28-21-20-17-12-26(19(27)11-14-3-4-14)10-9-18(17)29-22(20)24-13-23-21/h13-16H,3-12H2,1-2H3. The molecule has 5 rings (SSSR count). The fraction of sp³-hybridized carbons (Fsp3) is 0.682. The molecule has 0 atom stereocenters. The Hall–Kier alpha value is -1.73. The van der Waals surface area contributed by atoms with Crippen molar-refractivity contribution in [3.63, 3.8) is 0 Å². The minimum atomic E-state index is 0.219. The summed E-state index contributed by atoms with van der Waals surface area (Å²) in [7, 11) is 4.32. The van der Waals surface area contributed by atoms with Crippen molar-refractivity contribution in [1.29, 1.82) is 0 Å². The van der Waals surface area contributed by atoms with E-state index in [4.69, 9.17) is 4.74 Å². The molecule has 0 aromatic carbocycles. The van der Waals surface area contributed by atoms with Crippen LogP contribution in [-0.4, -0.2) is 58.5 Å². The zero-order chi connectivity index (χ0) is 20.0. The molecule has 1 amide bonds. The molecule has 0 bridgehead atoms.